The summed E-state index contributed by atoms with van der Waals surface area (Å²) < 4.78 is 41.9. The third kappa shape index (κ3) is 5.08. The summed E-state index contributed by atoms with van der Waals surface area (Å²) in [7, 11) is 0. The number of hydrogen-bond acceptors (Lipinski definition) is 6. The standard InChI is InChI=1S/C22H15ClF3N7OS/c23-15-3-2-13(17(7-15)22(24,25)26)11-33-18-4-1-12(5-14(18)8-29-33)6-19-20(34)30-21(35-19)27-9-16-10-28-32-31-16/h1-8,10H,9,11H2,(H,27,30,34)(H,28,31,32)/b19-6-. The van der Waals surface area contributed by atoms with E-state index in [1.54, 1.807) is 30.6 Å². The fourth-order valence-electron chi connectivity index (χ4n) is 3.54. The van der Waals surface area contributed by atoms with Crippen molar-refractivity contribution in [2.24, 2.45) is 4.99 Å². The lowest BCUT2D eigenvalue weighted by Crippen LogP contribution is -2.19. The van der Waals surface area contributed by atoms with E-state index in [2.05, 4.69) is 30.8 Å². The molecule has 1 aliphatic heterocycles. The first kappa shape index (κ1) is 23.1. The van der Waals surface area contributed by atoms with Crippen molar-refractivity contribution in [2.45, 2.75) is 19.3 Å². The van der Waals surface area contributed by atoms with Crippen LogP contribution in [0.3, 0.4) is 0 Å². The fraction of sp³-hybridized carbons (Fsp3) is 0.136. The third-order valence-corrected chi connectivity index (χ3v) is 6.34. The van der Waals surface area contributed by atoms with E-state index in [-0.39, 0.29) is 29.6 Å². The van der Waals surface area contributed by atoms with Gasteiger partial charge in [0, 0.05) is 10.4 Å². The molecule has 0 saturated carbocycles. The number of benzene rings is 2. The number of carbonyl (C=O) groups is 1. The molecule has 3 heterocycles. The van der Waals surface area contributed by atoms with Gasteiger partial charge in [-0.3, -0.25) is 14.5 Å². The van der Waals surface area contributed by atoms with Crippen molar-refractivity contribution < 1.29 is 18.0 Å². The molecule has 178 valence electrons. The largest absolute Gasteiger partial charge is 0.416 e. The van der Waals surface area contributed by atoms with Gasteiger partial charge in [0.15, 0.2) is 5.17 Å². The van der Waals surface area contributed by atoms with Crippen LogP contribution in [-0.2, 0) is 24.1 Å². The molecule has 0 radical (unpaired) electrons. The van der Waals surface area contributed by atoms with Gasteiger partial charge in [0.2, 0.25) is 0 Å². The second-order valence-corrected chi connectivity index (χ2v) is 9.03. The molecule has 2 N–H and O–H groups in total. The average molecular weight is 518 g/mol. The van der Waals surface area contributed by atoms with Gasteiger partial charge in [-0.1, -0.05) is 23.7 Å². The number of amides is 1. The summed E-state index contributed by atoms with van der Waals surface area (Å²) in [4.78, 5) is 17.1. The van der Waals surface area contributed by atoms with Crippen LogP contribution in [0.5, 0.6) is 0 Å². The molecule has 8 nitrogen and oxygen atoms in total. The van der Waals surface area contributed by atoms with Gasteiger partial charge in [-0.2, -0.15) is 33.7 Å². The smallest absolute Gasteiger partial charge is 0.301 e. The number of hydrogen-bond donors (Lipinski definition) is 2. The molecule has 0 atom stereocenters. The van der Waals surface area contributed by atoms with E-state index in [1.807, 2.05) is 6.07 Å². The molecule has 1 fully saturated rings. The Labute approximate surface area is 205 Å². The number of halogens is 4. The zero-order chi connectivity index (χ0) is 24.6. The summed E-state index contributed by atoms with van der Waals surface area (Å²) in [5, 5.41) is 18.3. The fourth-order valence-corrected chi connectivity index (χ4v) is 4.53. The lowest BCUT2D eigenvalue weighted by Gasteiger charge is -2.14. The highest BCUT2D eigenvalue weighted by Crippen LogP contribution is 2.34. The lowest BCUT2D eigenvalue weighted by atomic mass is 10.1. The summed E-state index contributed by atoms with van der Waals surface area (Å²) in [6, 6.07) is 9.05. The van der Waals surface area contributed by atoms with E-state index >= 15 is 0 Å². The molecule has 2 aromatic heterocycles. The molecule has 1 aliphatic rings. The van der Waals surface area contributed by atoms with Crippen LogP contribution in [0.2, 0.25) is 5.02 Å². The number of aromatic nitrogens is 5. The van der Waals surface area contributed by atoms with Crippen molar-refractivity contribution in [3.05, 3.63) is 81.1 Å². The van der Waals surface area contributed by atoms with Gasteiger partial charge in [-0.15, -0.1) is 0 Å². The van der Waals surface area contributed by atoms with Crippen molar-refractivity contribution in [1.29, 1.82) is 0 Å². The summed E-state index contributed by atoms with van der Waals surface area (Å²) >= 11 is 6.98. The minimum Gasteiger partial charge on any atom is -0.301 e. The number of amidine groups is 1. The summed E-state index contributed by atoms with van der Waals surface area (Å²) in [5.74, 6) is -0.271. The Morgan fingerprint density at radius 3 is 2.80 bits per heavy atom. The maximum atomic E-state index is 13.5. The average Bonchev–Trinajstić information content (AvgIpc) is 3.54. The van der Waals surface area contributed by atoms with Gasteiger partial charge < -0.3 is 5.32 Å². The van der Waals surface area contributed by atoms with Gasteiger partial charge >= 0.3 is 6.18 Å². The Morgan fingerprint density at radius 1 is 1.17 bits per heavy atom. The molecular weight excluding hydrogens is 503 g/mol. The molecule has 13 heteroatoms. The van der Waals surface area contributed by atoms with Crippen LogP contribution >= 0.6 is 23.4 Å². The predicted molar refractivity (Wildman–Crippen MR) is 127 cm³/mol. The van der Waals surface area contributed by atoms with Gasteiger partial charge in [-0.05, 0) is 53.2 Å². The first-order chi connectivity index (χ1) is 16.8. The second-order valence-electron chi connectivity index (χ2n) is 7.57. The molecule has 0 spiro atoms. The zero-order valence-electron chi connectivity index (χ0n) is 17.7. The highest BCUT2D eigenvalue weighted by molar-refractivity contribution is 8.18. The SMILES string of the molecule is O=C1NC(=NCc2cn[nH]n2)S/C1=C\c1ccc2c(cnn2Cc2ccc(Cl)cc2C(F)(F)F)c1. The number of carbonyl (C=O) groups excluding carboxylic acids is 1. The molecule has 4 aromatic rings. The number of aromatic amines is 1. The quantitative estimate of drug-likeness (QED) is 0.376. The normalized spacial score (nSPS) is 16.5. The van der Waals surface area contributed by atoms with Crippen molar-refractivity contribution in [1.82, 2.24) is 30.5 Å². The number of alkyl halides is 3. The topological polar surface area (TPSA) is 101 Å². The number of thioether (sulfide) groups is 1. The minimum absolute atomic E-state index is 0.0178. The molecule has 0 unspecified atom stereocenters. The van der Waals surface area contributed by atoms with Crippen LogP contribution in [0.1, 0.15) is 22.4 Å². The number of fused-ring (bicyclic) bond motifs is 1. The Balaban J connectivity index is 1.36. The van der Waals surface area contributed by atoms with Crippen LogP contribution in [0.25, 0.3) is 17.0 Å². The van der Waals surface area contributed by atoms with Crippen LogP contribution in [0, 0.1) is 0 Å². The molecule has 1 saturated heterocycles. The molecule has 2 aromatic carbocycles. The Hall–Kier alpha value is -3.64. The highest BCUT2D eigenvalue weighted by Gasteiger charge is 2.33. The number of H-pyrrole nitrogens is 1. The lowest BCUT2D eigenvalue weighted by molar-refractivity contribution is -0.138. The van der Waals surface area contributed by atoms with Crippen molar-refractivity contribution in [2.75, 3.05) is 0 Å². The van der Waals surface area contributed by atoms with Crippen LogP contribution in [0.4, 0.5) is 13.2 Å². The Morgan fingerprint density at radius 2 is 2.03 bits per heavy atom. The van der Waals surface area contributed by atoms with E-state index in [4.69, 9.17) is 11.6 Å². The maximum Gasteiger partial charge on any atom is 0.416 e. The first-order valence-corrected chi connectivity index (χ1v) is 11.4. The zero-order valence-corrected chi connectivity index (χ0v) is 19.2. The predicted octanol–water partition coefficient (Wildman–Crippen LogP) is 4.64. The number of nitrogens with one attached hydrogen (secondary N) is 2. The number of aliphatic imine (C=N–C) groups is 1. The van der Waals surface area contributed by atoms with E-state index < -0.39 is 11.7 Å². The number of nitrogens with zero attached hydrogens (tertiary/aromatic N) is 5. The first-order valence-electron chi connectivity index (χ1n) is 10.2. The van der Waals surface area contributed by atoms with Gasteiger partial charge in [0.05, 0.1) is 41.5 Å². The van der Waals surface area contributed by atoms with Crippen molar-refractivity contribution in [3.63, 3.8) is 0 Å². The van der Waals surface area contributed by atoms with E-state index in [0.717, 1.165) is 17.0 Å². The van der Waals surface area contributed by atoms with Crippen LogP contribution in [0.15, 0.2) is 58.7 Å². The monoisotopic (exact) mass is 517 g/mol. The van der Waals surface area contributed by atoms with Crippen molar-refractivity contribution in [3.8, 4) is 0 Å². The Kier molecular flexibility index (Phi) is 6.07. The van der Waals surface area contributed by atoms with E-state index in [0.29, 0.717) is 21.3 Å². The van der Waals surface area contributed by atoms with E-state index in [1.165, 1.54) is 28.6 Å². The van der Waals surface area contributed by atoms with E-state index in [9.17, 15) is 18.0 Å². The summed E-state index contributed by atoms with van der Waals surface area (Å²) in [6.45, 7) is 0.209. The molecule has 0 bridgehead atoms. The summed E-state index contributed by atoms with van der Waals surface area (Å²) in [5.41, 5.74) is 1.33. The third-order valence-electron chi connectivity index (χ3n) is 5.16. The van der Waals surface area contributed by atoms with Crippen LogP contribution < -0.4 is 5.32 Å². The second kappa shape index (κ2) is 9.19. The van der Waals surface area contributed by atoms with Gasteiger partial charge in [0.1, 0.15) is 5.69 Å². The highest BCUT2D eigenvalue weighted by atomic mass is 35.5. The molecular formula is C22H15ClF3N7OS. The molecule has 35 heavy (non-hydrogen) atoms. The van der Waals surface area contributed by atoms with Crippen LogP contribution in [-0.4, -0.2) is 36.3 Å². The maximum absolute atomic E-state index is 13.5. The molecule has 1 amide bonds. The van der Waals surface area contributed by atoms with Gasteiger partial charge in [-0.25, -0.2) is 0 Å². The number of rotatable bonds is 5. The molecule has 0 aliphatic carbocycles. The molecule has 5 rings (SSSR count). The Bertz CT molecular complexity index is 1480. The van der Waals surface area contributed by atoms with Gasteiger partial charge in [0.25, 0.3) is 5.91 Å². The van der Waals surface area contributed by atoms with Crippen molar-refractivity contribution >= 4 is 51.4 Å². The minimum atomic E-state index is -4.53. The summed E-state index contributed by atoms with van der Waals surface area (Å²) in [6.07, 6.45) is 0.317.